The molecule has 1 aromatic rings. The summed E-state index contributed by atoms with van der Waals surface area (Å²) in [6.45, 7) is 2.93. The third-order valence-electron chi connectivity index (χ3n) is 2.54. The first-order chi connectivity index (χ1) is 6.24. The average molecular weight is 193 g/mol. The summed E-state index contributed by atoms with van der Waals surface area (Å²) in [6.07, 6.45) is 2.56. The Morgan fingerprint density at radius 1 is 1.31 bits per heavy atom. The lowest BCUT2D eigenvalue weighted by Gasteiger charge is -2.11. The molecule has 0 spiro atoms. The molecule has 70 valence electrons. The van der Waals surface area contributed by atoms with Gasteiger partial charge in [0.2, 0.25) is 0 Å². The highest BCUT2D eigenvalue weighted by Gasteiger charge is 2.42. The van der Waals surface area contributed by atoms with Gasteiger partial charge < -0.3 is 5.73 Å². The van der Waals surface area contributed by atoms with Crippen LogP contribution in [0, 0.1) is 6.92 Å². The molecule has 1 aliphatic rings. The maximum atomic E-state index is 5.73. The molecule has 2 N–H and O–H groups in total. The van der Waals surface area contributed by atoms with Crippen LogP contribution in [0.3, 0.4) is 0 Å². The largest absolute Gasteiger partial charge is 0.329 e. The van der Waals surface area contributed by atoms with Crippen LogP contribution in [0.15, 0.2) is 29.2 Å². The van der Waals surface area contributed by atoms with Gasteiger partial charge in [0.25, 0.3) is 0 Å². The molecule has 0 aromatic heterocycles. The van der Waals surface area contributed by atoms with Crippen molar-refractivity contribution in [1.82, 2.24) is 0 Å². The Bertz CT molecular complexity index is 287. The topological polar surface area (TPSA) is 26.0 Å². The lowest BCUT2D eigenvalue weighted by atomic mass is 10.2. The smallest absolute Gasteiger partial charge is 0.0330 e. The summed E-state index contributed by atoms with van der Waals surface area (Å²) >= 11 is 1.94. The van der Waals surface area contributed by atoms with E-state index < -0.39 is 0 Å². The van der Waals surface area contributed by atoms with Gasteiger partial charge in [0, 0.05) is 16.2 Å². The normalized spacial score (nSPS) is 18.6. The maximum Gasteiger partial charge on any atom is 0.0330 e. The van der Waals surface area contributed by atoms with Gasteiger partial charge >= 0.3 is 0 Å². The van der Waals surface area contributed by atoms with Gasteiger partial charge in [0.1, 0.15) is 0 Å². The summed E-state index contributed by atoms with van der Waals surface area (Å²) in [4.78, 5) is 1.36. The molecule has 2 rings (SSSR count). The van der Waals surface area contributed by atoms with Gasteiger partial charge in [0.15, 0.2) is 0 Å². The Labute approximate surface area is 83.7 Å². The molecule has 0 bridgehead atoms. The number of hydrogen-bond donors (Lipinski definition) is 1. The zero-order chi connectivity index (χ0) is 9.31. The molecule has 0 atom stereocenters. The highest BCUT2D eigenvalue weighted by Crippen LogP contribution is 2.50. The van der Waals surface area contributed by atoms with Crippen molar-refractivity contribution in [3.05, 3.63) is 29.8 Å². The molecule has 1 aliphatic carbocycles. The van der Waals surface area contributed by atoms with Crippen molar-refractivity contribution in [2.24, 2.45) is 5.73 Å². The number of nitrogens with two attached hydrogens (primary N) is 1. The third-order valence-corrected chi connectivity index (χ3v) is 4.05. The van der Waals surface area contributed by atoms with Crippen LogP contribution in [-0.4, -0.2) is 11.3 Å². The highest BCUT2D eigenvalue weighted by atomic mass is 32.2. The second-order valence-corrected chi connectivity index (χ2v) is 5.34. The zero-order valence-electron chi connectivity index (χ0n) is 7.92. The second kappa shape index (κ2) is 3.35. The molecule has 0 saturated heterocycles. The van der Waals surface area contributed by atoms with Gasteiger partial charge in [-0.1, -0.05) is 17.7 Å². The van der Waals surface area contributed by atoms with E-state index in [1.165, 1.54) is 23.3 Å². The molecular weight excluding hydrogens is 178 g/mol. The van der Waals surface area contributed by atoms with Crippen LogP contribution >= 0.6 is 11.8 Å². The highest BCUT2D eigenvalue weighted by molar-refractivity contribution is 8.01. The molecular formula is C11H15NS. The number of hydrogen-bond acceptors (Lipinski definition) is 2. The van der Waals surface area contributed by atoms with E-state index in [0.29, 0.717) is 4.75 Å². The first-order valence-electron chi connectivity index (χ1n) is 4.70. The lowest BCUT2D eigenvalue weighted by Crippen LogP contribution is -2.17. The van der Waals surface area contributed by atoms with Gasteiger partial charge in [-0.15, -0.1) is 11.8 Å². The van der Waals surface area contributed by atoms with Gasteiger partial charge in [-0.25, -0.2) is 0 Å². The van der Waals surface area contributed by atoms with E-state index in [0.717, 1.165) is 6.54 Å². The molecule has 1 nitrogen and oxygen atoms in total. The SMILES string of the molecule is Cc1ccc(SC2(CN)CC2)cc1. The summed E-state index contributed by atoms with van der Waals surface area (Å²) in [5.74, 6) is 0. The summed E-state index contributed by atoms with van der Waals surface area (Å²) < 4.78 is 0.384. The zero-order valence-corrected chi connectivity index (χ0v) is 8.73. The summed E-state index contributed by atoms with van der Waals surface area (Å²) in [7, 11) is 0. The first kappa shape index (κ1) is 9.10. The van der Waals surface area contributed by atoms with E-state index in [1.807, 2.05) is 11.8 Å². The number of aryl methyl sites for hydroxylation is 1. The van der Waals surface area contributed by atoms with Crippen molar-refractivity contribution in [3.63, 3.8) is 0 Å². The molecule has 0 radical (unpaired) electrons. The standard InChI is InChI=1S/C11H15NS/c1-9-2-4-10(5-3-9)13-11(8-12)6-7-11/h2-5H,6-8,12H2,1H3. The minimum absolute atomic E-state index is 0.384. The quantitative estimate of drug-likeness (QED) is 0.798. The predicted octanol–water partition coefficient (Wildman–Crippen LogP) is 2.58. The van der Waals surface area contributed by atoms with Crippen molar-refractivity contribution in [2.45, 2.75) is 29.4 Å². The van der Waals surface area contributed by atoms with E-state index >= 15 is 0 Å². The van der Waals surface area contributed by atoms with Gasteiger partial charge in [-0.2, -0.15) is 0 Å². The van der Waals surface area contributed by atoms with Crippen LogP contribution in [0.25, 0.3) is 0 Å². The minimum atomic E-state index is 0.384. The molecule has 1 fully saturated rings. The van der Waals surface area contributed by atoms with Gasteiger partial charge in [0.05, 0.1) is 0 Å². The summed E-state index contributed by atoms with van der Waals surface area (Å²) in [5.41, 5.74) is 7.05. The van der Waals surface area contributed by atoms with E-state index in [1.54, 1.807) is 0 Å². The molecule has 1 aromatic carbocycles. The fourth-order valence-electron chi connectivity index (χ4n) is 1.34. The van der Waals surface area contributed by atoms with E-state index in [4.69, 9.17) is 5.73 Å². The fourth-order valence-corrected chi connectivity index (χ4v) is 2.51. The van der Waals surface area contributed by atoms with Gasteiger partial charge in [-0.05, 0) is 31.9 Å². The fraction of sp³-hybridized carbons (Fsp3) is 0.455. The predicted molar refractivity (Wildman–Crippen MR) is 58.1 cm³/mol. The molecule has 0 unspecified atom stereocenters. The van der Waals surface area contributed by atoms with Crippen molar-refractivity contribution < 1.29 is 0 Å². The van der Waals surface area contributed by atoms with Crippen molar-refractivity contribution in [1.29, 1.82) is 0 Å². The monoisotopic (exact) mass is 193 g/mol. The summed E-state index contributed by atoms with van der Waals surface area (Å²) in [6, 6.07) is 8.70. The Morgan fingerprint density at radius 3 is 2.38 bits per heavy atom. The van der Waals surface area contributed by atoms with E-state index in [-0.39, 0.29) is 0 Å². The average Bonchev–Trinajstić information content (AvgIpc) is 2.90. The van der Waals surface area contributed by atoms with Gasteiger partial charge in [-0.3, -0.25) is 0 Å². The van der Waals surface area contributed by atoms with Crippen molar-refractivity contribution in [3.8, 4) is 0 Å². The van der Waals surface area contributed by atoms with E-state index in [2.05, 4.69) is 31.2 Å². The van der Waals surface area contributed by atoms with E-state index in [9.17, 15) is 0 Å². The molecule has 13 heavy (non-hydrogen) atoms. The molecule has 1 saturated carbocycles. The number of rotatable bonds is 3. The number of benzene rings is 1. The lowest BCUT2D eigenvalue weighted by molar-refractivity contribution is 0.899. The molecule has 2 heteroatoms. The van der Waals surface area contributed by atoms with Crippen molar-refractivity contribution >= 4 is 11.8 Å². The second-order valence-electron chi connectivity index (χ2n) is 3.80. The maximum absolute atomic E-state index is 5.73. The Balaban J connectivity index is 2.06. The van der Waals surface area contributed by atoms with Crippen LogP contribution in [0.2, 0.25) is 0 Å². The Morgan fingerprint density at radius 2 is 1.92 bits per heavy atom. The Kier molecular flexibility index (Phi) is 2.35. The molecule has 0 heterocycles. The number of thioether (sulfide) groups is 1. The minimum Gasteiger partial charge on any atom is -0.329 e. The van der Waals surface area contributed by atoms with Crippen LogP contribution < -0.4 is 5.73 Å². The van der Waals surface area contributed by atoms with Crippen molar-refractivity contribution in [2.75, 3.05) is 6.54 Å². The molecule has 0 aliphatic heterocycles. The van der Waals surface area contributed by atoms with Crippen LogP contribution in [0.4, 0.5) is 0 Å². The Hall–Kier alpha value is -0.470. The third kappa shape index (κ3) is 2.06. The van der Waals surface area contributed by atoms with Crippen LogP contribution in [0.5, 0.6) is 0 Å². The van der Waals surface area contributed by atoms with Crippen LogP contribution in [0.1, 0.15) is 18.4 Å². The van der Waals surface area contributed by atoms with Crippen LogP contribution in [-0.2, 0) is 0 Å². The summed E-state index contributed by atoms with van der Waals surface area (Å²) in [5, 5.41) is 0. The first-order valence-corrected chi connectivity index (χ1v) is 5.52. The molecule has 0 amide bonds.